The quantitative estimate of drug-likeness (QED) is 0.611. The maximum absolute atomic E-state index is 12.0. The summed E-state index contributed by atoms with van der Waals surface area (Å²) in [5, 5.41) is 0. The summed E-state index contributed by atoms with van der Waals surface area (Å²) in [6, 6.07) is 0. The first-order chi connectivity index (χ1) is 6.99. The average Bonchev–Trinajstić information content (AvgIpc) is 2.63. The molecule has 2 aliphatic rings. The predicted octanol–water partition coefficient (Wildman–Crippen LogP) is 2.64. The number of hydrogen-bond acceptors (Lipinski definition) is 2. The molecule has 0 fully saturated rings. The van der Waals surface area contributed by atoms with Crippen LogP contribution in [0.3, 0.4) is 0 Å². The van der Waals surface area contributed by atoms with E-state index in [1.807, 2.05) is 11.1 Å². The molecule has 1 aliphatic heterocycles. The first-order valence-corrected chi connectivity index (χ1v) is 5.38. The highest BCUT2D eigenvalue weighted by molar-refractivity contribution is 6.08. The van der Waals surface area contributed by atoms with Gasteiger partial charge < -0.3 is 4.90 Å². The van der Waals surface area contributed by atoms with E-state index in [1.54, 1.807) is 0 Å². The predicted molar refractivity (Wildman–Crippen MR) is 61.1 cm³/mol. The second-order valence-corrected chi connectivity index (χ2v) is 4.99. The first-order valence-electron chi connectivity index (χ1n) is 5.38. The van der Waals surface area contributed by atoms with Gasteiger partial charge in [0.15, 0.2) is 0 Å². The Bertz CT molecular complexity index is 374. The molecule has 0 amide bonds. The summed E-state index contributed by atoms with van der Waals surface area (Å²) in [5.74, 6) is 0.112. The molecule has 0 saturated carbocycles. The van der Waals surface area contributed by atoms with E-state index in [4.69, 9.17) is 0 Å². The second-order valence-electron chi connectivity index (χ2n) is 4.99. The van der Waals surface area contributed by atoms with Crippen LogP contribution < -0.4 is 0 Å². The van der Waals surface area contributed by atoms with Gasteiger partial charge in [-0.2, -0.15) is 0 Å². The van der Waals surface area contributed by atoms with E-state index in [1.165, 1.54) is 0 Å². The molecule has 1 heterocycles. The van der Waals surface area contributed by atoms with Crippen LogP contribution >= 0.6 is 0 Å². The highest BCUT2D eigenvalue weighted by Gasteiger charge is 2.31. The van der Waals surface area contributed by atoms with Crippen LogP contribution in [0, 0.1) is 5.41 Å². The van der Waals surface area contributed by atoms with Crippen molar-refractivity contribution in [3.05, 3.63) is 36.2 Å². The normalized spacial score (nSPS) is 24.7. The van der Waals surface area contributed by atoms with E-state index in [0.717, 1.165) is 30.7 Å². The Morgan fingerprint density at radius 1 is 1.47 bits per heavy atom. The maximum atomic E-state index is 12.0. The first kappa shape index (κ1) is 10.2. The van der Waals surface area contributed by atoms with Crippen molar-refractivity contribution in [2.24, 2.45) is 5.41 Å². The summed E-state index contributed by atoms with van der Waals surface area (Å²) < 4.78 is 0. The third kappa shape index (κ3) is 1.89. The smallest absolute Gasteiger partial charge is 0.204 e. The Kier molecular flexibility index (Phi) is 2.29. The molecule has 0 aromatic carbocycles. The van der Waals surface area contributed by atoms with Gasteiger partial charge in [0.1, 0.15) is 0 Å². The van der Waals surface area contributed by atoms with Gasteiger partial charge >= 0.3 is 0 Å². The Morgan fingerprint density at radius 3 is 2.80 bits per heavy atom. The van der Waals surface area contributed by atoms with Gasteiger partial charge in [-0.05, 0) is 23.8 Å². The molecule has 0 radical (unpaired) electrons. The number of hydrogen-bond donors (Lipinski definition) is 0. The molecule has 15 heavy (non-hydrogen) atoms. The van der Waals surface area contributed by atoms with Gasteiger partial charge in [0.25, 0.3) is 0 Å². The standard InChI is InChI=1S/C13H17NO/c1-10-8-13(2,3)9-11(12(10)15)14-6-4-5-7-14/h4,6,9H,1,5,7-8H2,2-3H3. The molecule has 0 aromatic rings. The summed E-state index contributed by atoms with van der Waals surface area (Å²) in [4.78, 5) is 14.0. The van der Waals surface area contributed by atoms with Crippen LogP contribution in [0.4, 0.5) is 0 Å². The van der Waals surface area contributed by atoms with Crippen molar-refractivity contribution >= 4 is 5.78 Å². The van der Waals surface area contributed by atoms with Gasteiger partial charge in [0.2, 0.25) is 5.78 Å². The number of ketones is 1. The summed E-state index contributed by atoms with van der Waals surface area (Å²) in [7, 11) is 0. The summed E-state index contributed by atoms with van der Waals surface area (Å²) in [5.41, 5.74) is 1.60. The van der Waals surface area contributed by atoms with Crippen LogP contribution in [0.2, 0.25) is 0 Å². The Balaban J connectivity index is 2.35. The molecular formula is C13H17NO. The Labute approximate surface area is 91.0 Å². The van der Waals surface area contributed by atoms with Crippen molar-refractivity contribution in [1.29, 1.82) is 0 Å². The SMILES string of the molecule is C=C1CC(C)(C)C=C(N2C=CCC2)C1=O. The van der Waals surface area contributed by atoms with Gasteiger partial charge in [-0.1, -0.05) is 32.6 Å². The summed E-state index contributed by atoms with van der Waals surface area (Å²) >= 11 is 0. The van der Waals surface area contributed by atoms with Gasteiger partial charge in [-0.25, -0.2) is 0 Å². The fraction of sp³-hybridized carbons (Fsp3) is 0.462. The van der Waals surface area contributed by atoms with Crippen molar-refractivity contribution in [2.75, 3.05) is 6.54 Å². The third-order valence-corrected chi connectivity index (χ3v) is 2.88. The minimum atomic E-state index is 0.0523. The number of carbonyl (C=O) groups is 1. The molecular weight excluding hydrogens is 186 g/mol. The van der Waals surface area contributed by atoms with E-state index in [2.05, 4.69) is 32.6 Å². The second kappa shape index (κ2) is 3.37. The number of nitrogens with zero attached hydrogens (tertiary/aromatic N) is 1. The van der Waals surface area contributed by atoms with E-state index in [0.29, 0.717) is 0 Å². The lowest BCUT2D eigenvalue weighted by molar-refractivity contribution is -0.114. The van der Waals surface area contributed by atoms with Crippen molar-refractivity contribution in [3.8, 4) is 0 Å². The van der Waals surface area contributed by atoms with Crippen LogP contribution in [-0.2, 0) is 4.79 Å². The van der Waals surface area contributed by atoms with Crippen molar-refractivity contribution in [1.82, 2.24) is 4.90 Å². The monoisotopic (exact) mass is 203 g/mol. The van der Waals surface area contributed by atoms with Gasteiger partial charge in [-0.15, -0.1) is 0 Å². The summed E-state index contributed by atoms with van der Waals surface area (Å²) in [6.07, 6.45) is 7.97. The lowest BCUT2D eigenvalue weighted by Gasteiger charge is -2.31. The van der Waals surface area contributed by atoms with Gasteiger partial charge in [0, 0.05) is 12.7 Å². The third-order valence-electron chi connectivity index (χ3n) is 2.88. The minimum Gasteiger partial charge on any atom is -0.345 e. The molecule has 0 aromatic heterocycles. The fourth-order valence-electron chi connectivity index (χ4n) is 2.20. The maximum Gasteiger partial charge on any atom is 0.204 e. The van der Waals surface area contributed by atoms with Gasteiger partial charge in [-0.3, -0.25) is 4.79 Å². The molecule has 0 saturated heterocycles. The van der Waals surface area contributed by atoms with Crippen LogP contribution in [0.1, 0.15) is 26.7 Å². The number of allylic oxidation sites excluding steroid dienone is 2. The molecule has 80 valence electrons. The lowest BCUT2D eigenvalue weighted by atomic mass is 9.78. The topological polar surface area (TPSA) is 20.3 Å². The lowest BCUT2D eigenvalue weighted by Crippen LogP contribution is -2.29. The number of carbonyl (C=O) groups excluding carboxylic acids is 1. The zero-order chi connectivity index (χ0) is 11.1. The molecule has 0 N–H and O–H groups in total. The van der Waals surface area contributed by atoms with E-state index in [9.17, 15) is 4.79 Å². The van der Waals surface area contributed by atoms with E-state index in [-0.39, 0.29) is 11.2 Å². The highest BCUT2D eigenvalue weighted by Crippen LogP contribution is 2.35. The molecule has 0 unspecified atom stereocenters. The average molecular weight is 203 g/mol. The molecule has 0 atom stereocenters. The van der Waals surface area contributed by atoms with Crippen LogP contribution in [0.5, 0.6) is 0 Å². The largest absolute Gasteiger partial charge is 0.345 e. The van der Waals surface area contributed by atoms with Crippen molar-refractivity contribution in [3.63, 3.8) is 0 Å². The van der Waals surface area contributed by atoms with Gasteiger partial charge in [0.05, 0.1) is 5.70 Å². The number of Topliss-reactive ketones (excluding diaryl/α,β-unsaturated/α-hetero) is 1. The minimum absolute atomic E-state index is 0.0523. The summed E-state index contributed by atoms with van der Waals surface area (Å²) in [6.45, 7) is 9.08. The molecule has 2 nitrogen and oxygen atoms in total. The van der Waals surface area contributed by atoms with Crippen molar-refractivity contribution < 1.29 is 4.79 Å². The van der Waals surface area contributed by atoms with Crippen LogP contribution in [0.15, 0.2) is 36.2 Å². The molecule has 1 aliphatic carbocycles. The molecule has 0 spiro atoms. The zero-order valence-electron chi connectivity index (χ0n) is 9.42. The molecule has 0 bridgehead atoms. The Morgan fingerprint density at radius 2 is 2.20 bits per heavy atom. The van der Waals surface area contributed by atoms with Crippen molar-refractivity contribution in [2.45, 2.75) is 26.7 Å². The number of rotatable bonds is 1. The Hall–Kier alpha value is -1.31. The van der Waals surface area contributed by atoms with E-state index >= 15 is 0 Å². The molecule has 2 rings (SSSR count). The highest BCUT2D eigenvalue weighted by atomic mass is 16.1. The molecule has 2 heteroatoms. The van der Waals surface area contributed by atoms with Crippen LogP contribution in [0.25, 0.3) is 0 Å². The fourth-order valence-corrected chi connectivity index (χ4v) is 2.20. The van der Waals surface area contributed by atoms with Crippen LogP contribution in [-0.4, -0.2) is 17.2 Å². The zero-order valence-corrected chi connectivity index (χ0v) is 9.42. The van der Waals surface area contributed by atoms with E-state index < -0.39 is 0 Å².